The van der Waals surface area contributed by atoms with Crippen LogP contribution in [-0.2, 0) is 7.05 Å². The lowest BCUT2D eigenvalue weighted by atomic mass is 10.2. The number of aliphatic hydroxyl groups is 1. The maximum atomic E-state index is 9.69. The van der Waals surface area contributed by atoms with E-state index in [1.807, 2.05) is 62.0 Å². The van der Waals surface area contributed by atoms with Crippen LogP contribution in [0.2, 0.25) is 0 Å². The predicted molar refractivity (Wildman–Crippen MR) is 135 cm³/mol. The Morgan fingerprint density at radius 1 is 1.09 bits per heavy atom. The second-order valence-corrected chi connectivity index (χ2v) is 8.57. The number of aromatic nitrogens is 6. The van der Waals surface area contributed by atoms with Gasteiger partial charge in [0.2, 0.25) is 5.95 Å². The van der Waals surface area contributed by atoms with Gasteiger partial charge in [0.25, 0.3) is 0 Å². The SMILES string of the molecule is Cc1cc(Nc2ncnc3cnc(N(C)C[C@H](C)O)nc23)ccc1Oc1ccc2c(c1)ncn2C. The van der Waals surface area contributed by atoms with Gasteiger partial charge in [-0.25, -0.2) is 24.9 Å². The molecule has 0 saturated heterocycles. The molecule has 0 fully saturated rings. The van der Waals surface area contributed by atoms with Crippen LogP contribution < -0.4 is 15.0 Å². The number of aliphatic hydroxyl groups excluding tert-OH is 1. The Balaban J connectivity index is 1.39. The number of ether oxygens (including phenoxy) is 1. The van der Waals surface area contributed by atoms with Crippen LogP contribution in [0.5, 0.6) is 11.5 Å². The fraction of sp³-hybridized carbons (Fsp3) is 0.240. The predicted octanol–water partition coefficient (Wildman–Crippen LogP) is 3.97. The monoisotopic (exact) mass is 470 g/mol. The van der Waals surface area contributed by atoms with Gasteiger partial charge in [0.15, 0.2) is 5.82 Å². The quantitative estimate of drug-likeness (QED) is 0.365. The van der Waals surface area contributed by atoms with Crippen molar-refractivity contribution in [3.8, 4) is 11.5 Å². The molecule has 0 spiro atoms. The van der Waals surface area contributed by atoms with Crippen molar-refractivity contribution in [1.82, 2.24) is 29.5 Å². The van der Waals surface area contributed by atoms with Crippen LogP contribution in [0.15, 0.2) is 55.2 Å². The summed E-state index contributed by atoms with van der Waals surface area (Å²) in [5, 5.41) is 13.0. The van der Waals surface area contributed by atoms with E-state index in [-0.39, 0.29) is 0 Å². The van der Waals surface area contributed by atoms with Gasteiger partial charge in [-0.1, -0.05) is 0 Å². The number of aryl methyl sites for hydroxylation is 2. The van der Waals surface area contributed by atoms with Crippen molar-refractivity contribution >= 4 is 39.5 Å². The summed E-state index contributed by atoms with van der Waals surface area (Å²) in [6.07, 6.45) is 4.42. The number of hydrogen-bond donors (Lipinski definition) is 2. The molecule has 2 N–H and O–H groups in total. The van der Waals surface area contributed by atoms with Gasteiger partial charge in [0.05, 0.1) is 29.7 Å². The van der Waals surface area contributed by atoms with Crippen molar-refractivity contribution in [3.05, 3.63) is 60.8 Å². The normalized spacial score (nSPS) is 12.1. The van der Waals surface area contributed by atoms with Gasteiger partial charge in [0, 0.05) is 32.4 Å². The van der Waals surface area contributed by atoms with E-state index >= 15 is 0 Å². The van der Waals surface area contributed by atoms with Crippen molar-refractivity contribution in [2.45, 2.75) is 20.0 Å². The largest absolute Gasteiger partial charge is 0.457 e. The minimum atomic E-state index is -0.501. The van der Waals surface area contributed by atoms with Crippen LogP contribution in [-0.4, -0.2) is 54.3 Å². The summed E-state index contributed by atoms with van der Waals surface area (Å²) in [4.78, 5) is 23.8. The third-order valence-electron chi connectivity index (χ3n) is 5.61. The van der Waals surface area contributed by atoms with Crippen LogP contribution in [0, 0.1) is 6.92 Å². The van der Waals surface area contributed by atoms with Crippen LogP contribution in [0.25, 0.3) is 22.1 Å². The van der Waals surface area contributed by atoms with E-state index in [0.29, 0.717) is 29.3 Å². The lowest BCUT2D eigenvalue weighted by Crippen LogP contribution is -2.28. The highest BCUT2D eigenvalue weighted by Crippen LogP contribution is 2.30. The minimum absolute atomic E-state index is 0.413. The van der Waals surface area contributed by atoms with Crippen LogP contribution in [0.1, 0.15) is 12.5 Å². The number of anilines is 3. The number of rotatable bonds is 7. The summed E-state index contributed by atoms with van der Waals surface area (Å²) < 4.78 is 8.10. The van der Waals surface area contributed by atoms with Gasteiger partial charge in [-0.05, 0) is 49.7 Å². The van der Waals surface area contributed by atoms with Gasteiger partial charge in [-0.2, -0.15) is 0 Å². The van der Waals surface area contributed by atoms with Crippen molar-refractivity contribution < 1.29 is 9.84 Å². The molecule has 0 aliphatic rings. The standard InChI is InChI=1S/C25H26N8O2/c1-15-9-17(5-8-22(15)35-18-6-7-21-19(10-18)29-14-33(21)4)30-24-23-20(27-13-28-24)11-26-25(31-23)32(3)12-16(2)34/h5-11,13-14,16,34H,12H2,1-4H3,(H,27,28,30)/t16-/m0/s1. The number of benzene rings is 2. The van der Waals surface area contributed by atoms with Crippen LogP contribution in [0.4, 0.5) is 17.5 Å². The summed E-state index contributed by atoms with van der Waals surface area (Å²) in [6.45, 7) is 4.12. The zero-order valence-corrected chi connectivity index (χ0v) is 20.0. The van der Waals surface area contributed by atoms with E-state index in [0.717, 1.165) is 33.8 Å². The summed E-state index contributed by atoms with van der Waals surface area (Å²) in [5.41, 5.74) is 4.95. The summed E-state index contributed by atoms with van der Waals surface area (Å²) >= 11 is 0. The number of hydrogen-bond acceptors (Lipinski definition) is 9. The van der Waals surface area contributed by atoms with E-state index < -0.39 is 6.10 Å². The van der Waals surface area contributed by atoms with Crippen molar-refractivity contribution in [2.24, 2.45) is 7.05 Å². The summed E-state index contributed by atoms with van der Waals surface area (Å²) in [6, 6.07) is 11.7. The molecule has 0 unspecified atom stereocenters. The fourth-order valence-electron chi connectivity index (χ4n) is 3.88. The first-order chi connectivity index (χ1) is 16.9. The molecule has 0 amide bonds. The molecule has 5 aromatic rings. The molecule has 0 aliphatic carbocycles. The molecule has 178 valence electrons. The zero-order chi connectivity index (χ0) is 24.5. The van der Waals surface area contributed by atoms with Crippen molar-refractivity contribution in [2.75, 3.05) is 23.8 Å². The van der Waals surface area contributed by atoms with E-state index in [1.54, 1.807) is 24.3 Å². The second kappa shape index (κ2) is 9.15. The molecule has 0 saturated carbocycles. The summed E-state index contributed by atoms with van der Waals surface area (Å²) in [5.74, 6) is 2.54. The minimum Gasteiger partial charge on any atom is -0.457 e. The topological polar surface area (TPSA) is 114 Å². The lowest BCUT2D eigenvalue weighted by Gasteiger charge is -2.19. The molecule has 3 aromatic heterocycles. The highest BCUT2D eigenvalue weighted by atomic mass is 16.5. The Morgan fingerprint density at radius 3 is 2.74 bits per heavy atom. The fourth-order valence-corrected chi connectivity index (χ4v) is 3.88. The molecule has 10 nitrogen and oxygen atoms in total. The maximum Gasteiger partial charge on any atom is 0.225 e. The third kappa shape index (κ3) is 4.69. The van der Waals surface area contributed by atoms with Gasteiger partial charge in [-0.3, -0.25) is 0 Å². The van der Waals surface area contributed by atoms with Gasteiger partial charge in [0.1, 0.15) is 28.9 Å². The third-order valence-corrected chi connectivity index (χ3v) is 5.61. The van der Waals surface area contributed by atoms with Crippen molar-refractivity contribution in [1.29, 1.82) is 0 Å². The molecule has 0 radical (unpaired) electrons. The number of fused-ring (bicyclic) bond motifs is 2. The number of likely N-dealkylation sites (N-methyl/N-ethyl adjacent to an activating group) is 1. The van der Waals surface area contributed by atoms with E-state index in [4.69, 9.17) is 4.74 Å². The smallest absolute Gasteiger partial charge is 0.225 e. The number of nitrogens with one attached hydrogen (secondary N) is 1. The first-order valence-corrected chi connectivity index (χ1v) is 11.2. The lowest BCUT2D eigenvalue weighted by molar-refractivity contribution is 0.201. The molecule has 1 atom stereocenters. The molecule has 2 aromatic carbocycles. The Labute approximate surface area is 202 Å². The molecular weight excluding hydrogens is 444 g/mol. The molecule has 0 aliphatic heterocycles. The van der Waals surface area contributed by atoms with Crippen LogP contribution in [0.3, 0.4) is 0 Å². The average molecular weight is 471 g/mol. The van der Waals surface area contributed by atoms with E-state index in [1.165, 1.54) is 6.33 Å². The first-order valence-electron chi connectivity index (χ1n) is 11.2. The van der Waals surface area contributed by atoms with Crippen LogP contribution >= 0.6 is 0 Å². The zero-order valence-electron chi connectivity index (χ0n) is 20.0. The van der Waals surface area contributed by atoms with Gasteiger partial charge in [-0.15, -0.1) is 0 Å². The van der Waals surface area contributed by atoms with E-state index in [9.17, 15) is 5.11 Å². The Kier molecular flexibility index (Phi) is 5.87. The van der Waals surface area contributed by atoms with E-state index in [2.05, 4.69) is 30.2 Å². The molecule has 10 heteroatoms. The van der Waals surface area contributed by atoms with Crippen molar-refractivity contribution in [3.63, 3.8) is 0 Å². The molecule has 5 rings (SSSR count). The highest BCUT2D eigenvalue weighted by Gasteiger charge is 2.13. The maximum absolute atomic E-state index is 9.69. The van der Waals surface area contributed by atoms with Gasteiger partial charge < -0.3 is 24.6 Å². The summed E-state index contributed by atoms with van der Waals surface area (Å²) in [7, 11) is 3.80. The molecule has 35 heavy (non-hydrogen) atoms. The molecule has 0 bridgehead atoms. The second-order valence-electron chi connectivity index (χ2n) is 8.57. The number of nitrogens with zero attached hydrogens (tertiary/aromatic N) is 7. The van der Waals surface area contributed by atoms with Gasteiger partial charge >= 0.3 is 0 Å². The molecular formula is C25H26N8O2. The first kappa shape index (κ1) is 22.5. The average Bonchev–Trinajstić information content (AvgIpc) is 3.20. The number of imidazole rings is 1. The Morgan fingerprint density at radius 2 is 1.94 bits per heavy atom. The molecule has 3 heterocycles. The Bertz CT molecular complexity index is 1510. The highest BCUT2D eigenvalue weighted by molar-refractivity contribution is 5.87. The Hall–Kier alpha value is -4.31.